The van der Waals surface area contributed by atoms with E-state index in [9.17, 15) is 9.90 Å². The maximum absolute atomic E-state index is 12.8. The third-order valence-corrected chi connectivity index (χ3v) is 5.04. The molecule has 0 bridgehead atoms. The van der Waals surface area contributed by atoms with E-state index in [4.69, 9.17) is 0 Å². The molecule has 1 saturated heterocycles. The summed E-state index contributed by atoms with van der Waals surface area (Å²) in [6.45, 7) is 6.61. The van der Waals surface area contributed by atoms with Crippen molar-refractivity contribution >= 4 is 5.91 Å². The fourth-order valence-corrected chi connectivity index (χ4v) is 3.64. The van der Waals surface area contributed by atoms with E-state index in [0.29, 0.717) is 5.92 Å². The maximum atomic E-state index is 12.8. The van der Waals surface area contributed by atoms with Crippen molar-refractivity contribution in [3.8, 4) is 0 Å². The minimum Gasteiger partial charge on any atom is -0.392 e. The van der Waals surface area contributed by atoms with Crippen molar-refractivity contribution in [2.24, 2.45) is 5.92 Å². The highest BCUT2D eigenvalue weighted by Crippen LogP contribution is 2.24. The van der Waals surface area contributed by atoms with Gasteiger partial charge in [0.25, 0.3) is 5.91 Å². The summed E-state index contributed by atoms with van der Waals surface area (Å²) >= 11 is 0. The highest BCUT2D eigenvalue weighted by Gasteiger charge is 2.28. The lowest BCUT2D eigenvalue weighted by molar-refractivity contribution is 0.0786. The number of carbonyl (C=O) groups is 1. The van der Waals surface area contributed by atoms with Crippen LogP contribution in [-0.4, -0.2) is 38.8 Å². The first-order chi connectivity index (χ1) is 12.1. The number of aliphatic hydroxyl groups is 1. The highest BCUT2D eigenvalue weighted by molar-refractivity contribution is 5.95. The van der Waals surface area contributed by atoms with Crippen LogP contribution >= 0.6 is 0 Å². The molecule has 1 amide bonds. The van der Waals surface area contributed by atoms with Gasteiger partial charge in [0.2, 0.25) is 0 Å². The lowest BCUT2D eigenvalue weighted by atomic mass is 9.97. The Labute approximate surface area is 149 Å². The molecule has 1 aliphatic heterocycles. The molecule has 0 saturated carbocycles. The number of aryl methyl sites for hydroxylation is 1. The van der Waals surface area contributed by atoms with Gasteiger partial charge in [-0.15, -0.1) is 0 Å². The van der Waals surface area contributed by atoms with Gasteiger partial charge in [-0.05, 0) is 43.2 Å². The van der Waals surface area contributed by atoms with Gasteiger partial charge in [0, 0.05) is 25.3 Å². The molecule has 1 N–H and O–H groups in total. The standard InChI is InChI=1S/C20H27N3O2/c1-3-8-23-15(2)19(12-21-23)20(25)22-9-7-17(13-22)10-16-5-4-6-18(11-16)14-24/h4-6,11-12,17,24H,3,7-10,13-14H2,1-2H3/t17-/m1/s1. The number of hydrogen-bond acceptors (Lipinski definition) is 3. The zero-order chi connectivity index (χ0) is 17.8. The number of hydrogen-bond donors (Lipinski definition) is 1. The molecule has 1 atom stereocenters. The monoisotopic (exact) mass is 341 g/mol. The lowest BCUT2D eigenvalue weighted by Gasteiger charge is -2.16. The quantitative estimate of drug-likeness (QED) is 0.879. The Hall–Kier alpha value is -2.14. The number of benzene rings is 1. The van der Waals surface area contributed by atoms with Crippen molar-refractivity contribution in [3.05, 3.63) is 52.8 Å². The van der Waals surface area contributed by atoms with Crippen LogP contribution in [0.25, 0.3) is 0 Å². The molecule has 0 aliphatic carbocycles. The van der Waals surface area contributed by atoms with E-state index >= 15 is 0 Å². The fourth-order valence-electron chi connectivity index (χ4n) is 3.64. The number of rotatable bonds is 6. The Balaban J connectivity index is 1.63. The SMILES string of the molecule is CCCn1ncc(C(=O)N2CC[C@H](Cc3cccc(CO)c3)C2)c1C. The van der Waals surface area contributed by atoms with Gasteiger partial charge < -0.3 is 10.0 Å². The molecule has 1 aliphatic rings. The molecule has 2 aromatic rings. The average Bonchev–Trinajstić information content (AvgIpc) is 3.22. The van der Waals surface area contributed by atoms with Crippen LogP contribution < -0.4 is 0 Å². The second-order valence-corrected chi connectivity index (χ2v) is 6.95. The predicted molar refractivity (Wildman–Crippen MR) is 97.3 cm³/mol. The Kier molecular flexibility index (Phi) is 5.53. The Morgan fingerprint density at radius 1 is 1.36 bits per heavy atom. The Bertz CT molecular complexity index is 738. The lowest BCUT2D eigenvalue weighted by Crippen LogP contribution is -2.29. The van der Waals surface area contributed by atoms with Crippen molar-refractivity contribution in [2.75, 3.05) is 13.1 Å². The van der Waals surface area contributed by atoms with Crippen molar-refractivity contribution in [1.29, 1.82) is 0 Å². The number of amides is 1. The predicted octanol–water partition coefficient (Wildman–Crippen LogP) is 2.80. The zero-order valence-corrected chi connectivity index (χ0v) is 15.1. The van der Waals surface area contributed by atoms with Crippen LogP contribution in [0.2, 0.25) is 0 Å². The largest absolute Gasteiger partial charge is 0.392 e. The van der Waals surface area contributed by atoms with Gasteiger partial charge in [-0.1, -0.05) is 31.2 Å². The van der Waals surface area contributed by atoms with E-state index in [1.54, 1.807) is 6.20 Å². The minimum absolute atomic E-state index is 0.0736. The molecule has 1 aromatic heterocycles. The van der Waals surface area contributed by atoms with Gasteiger partial charge in [0.1, 0.15) is 0 Å². The summed E-state index contributed by atoms with van der Waals surface area (Å²) in [6, 6.07) is 8.08. The first-order valence-corrected chi connectivity index (χ1v) is 9.12. The number of nitrogens with zero attached hydrogens (tertiary/aromatic N) is 3. The van der Waals surface area contributed by atoms with Crippen molar-refractivity contribution in [2.45, 2.75) is 46.3 Å². The second-order valence-electron chi connectivity index (χ2n) is 6.95. The molecule has 0 radical (unpaired) electrons. The molecule has 3 rings (SSSR count). The second kappa shape index (κ2) is 7.83. The summed E-state index contributed by atoms with van der Waals surface area (Å²) < 4.78 is 1.92. The third-order valence-electron chi connectivity index (χ3n) is 5.04. The Morgan fingerprint density at radius 2 is 2.16 bits per heavy atom. The van der Waals surface area contributed by atoms with E-state index in [1.807, 2.05) is 28.6 Å². The fraction of sp³-hybridized carbons (Fsp3) is 0.500. The summed E-state index contributed by atoms with van der Waals surface area (Å²) in [5.41, 5.74) is 3.88. The summed E-state index contributed by atoms with van der Waals surface area (Å²) in [5, 5.41) is 13.6. The summed E-state index contributed by atoms with van der Waals surface area (Å²) in [4.78, 5) is 14.8. The molecule has 0 unspecified atom stereocenters. The van der Waals surface area contributed by atoms with Crippen LogP contribution in [0.15, 0.2) is 30.5 Å². The van der Waals surface area contributed by atoms with Gasteiger partial charge in [-0.2, -0.15) is 5.10 Å². The van der Waals surface area contributed by atoms with Crippen LogP contribution in [0.1, 0.15) is 46.9 Å². The molecule has 5 heteroatoms. The van der Waals surface area contributed by atoms with E-state index in [2.05, 4.69) is 24.2 Å². The van der Waals surface area contributed by atoms with E-state index in [-0.39, 0.29) is 12.5 Å². The molecular formula is C20H27N3O2. The zero-order valence-electron chi connectivity index (χ0n) is 15.1. The molecular weight excluding hydrogens is 314 g/mol. The molecule has 1 fully saturated rings. The normalized spacial score (nSPS) is 17.2. The van der Waals surface area contributed by atoms with Crippen molar-refractivity contribution < 1.29 is 9.90 Å². The van der Waals surface area contributed by atoms with Crippen LogP contribution in [0, 0.1) is 12.8 Å². The van der Waals surface area contributed by atoms with Crippen molar-refractivity contribution in [3.63, 3.8) is 0 Å². The molecule has 25 heavy (non-hydrogen) atoms. The van der Waals surface area contributed by atoms with Gasteiger partial charge in [-0.25, -0.2) is 0 Å². The number of carbonyl (C=O) groups excluding carboxylic acids is 1. The Morgan fingerprint density at radius 3 is 2.92 bits per heavy atom. The summed E-state index contributed by atoms with van der Waals surface area (Å²) in [7, 11) is 0. The van der Waals surface area contributed by atoms with E-state index in [0.717, 1.165) is 55.7 Å². The molecule has 134 valence electrons. The van der Waals surface area contributed by atoms with Crippen LogP contribution in [0.5, 0.6) is 0 Å². The molecule has 2 heterocycles. The first-order valence-electron chi connectivity index (χ1n) is 9.12. The van der Waals surface area contributed by atoms with Crippen LogP contribution in [0.3, 0.4) is 0 Å². The van der Waals surface area contributed by atoms with Gasteiger partial charge >= 0.3 is 0 Å². The topological polar surface area (TPSA) is 58.4 Å². The van der Waals surface area contributed by atoms with Crippen LogP contribution in [-0.2, 0) is 19.6 Å². The third kappa shape index (κ3) is 3.93. The van der Waals surface area contributed by atoms with E-state index in [1.165, 1.54) is 5.56 Å². The highest BCUT2D eigenvalue weighted by atomic mass is 16.3. The van der Waals surface area contributed by atoms with Gasteiger partial charge in [0.15, 0.2) is 0 Å². The van der Waals surface area contributed by atoms with Crippen LogP contribution in [0.4, 0.5) is 0 Å². The van der Waals surface area contributed by atoms with Gasteiger partial charge in [0.05, 0.1) is 18.4 Å². The maximum Gasteiger partial charge on any atom is 0.257 e. The summed E-state index contributed by atoms with van der Waals surface area (Å²) in [5.74, 6) is 0.579. The first kappa shape index (κ1) is 17.7. The number of likely N-dealkylation sites (tertiary alicyclic amines) is 1. The van der Waals surface area contributed by atoms with E-state index < -0.39 is 0 Å². The van der Waals surface area contributed by atoms with Crippen molar-refractivity contribution in [1.82, 2.24) is 14.7 Å². The average molecular weight is 341 g/mol. The number of aromatic nitrogens is 2. The molecule has 0 spiro atoms. The van der Waals surface area contributed by atoms with Gasteiger partial charge in [-0.3, -0.25) is 9.48 Å². The smallest absolute Gasteiger partial charge is 0.257 e. The molecule has 5 nitrogen and oxygen atoms in total. The minimum atomic E-state index is 0.0736. The summed E-state index contributed by atoms with van der Waals surface area (Å²) in [6.07, 6.45) is 4.70. The molecule has 1 aromatic carbocycles. The number of aliphatic hydroxyl groups excluding tert-OH is 1.